The largest absolute Gasteiger partial charge is 0.481 e. The fourth-order valence-corrected chi connectivity index (χ4v) is 6.01. The number of ether oxygens (including phenoxy) is 1. The minimum absolute atomic E-state index is 0.0883. The van der Waals surface area contributed by atoms with Gasteiger partial charge in [0.1, 0.15) is 10.0 Å². The molecule has 10 heteroatoms. The molecule has 0 spiro atoms. The molecule has 3 heterocycles. The molecular weight excluding hydrogens is 443 g/mol. The molecule has 0 amide bonds. The van der Waals surface area contributed by atoms with Crippen molar-refractivity contribution < 1.29 is 27.4 Å². The Morgan fingerprint density at radius 1 is 1.23 bits per heavy atom. The maximum absolute atomic E-state index is 13.8. The normalized spacial score (nSPS) is 11.7. The maximum Gasteiger partial charge on any atom is 0.303 e. The summed E-state index contributed by atoms with van der Waals surface area (Å²) in [6, 6.07) is 10.5. The van der Waals surface area contributed by atoms with Crippen molar-refractivity contribution in [3.63, 3.8) is 0 Å². The first-order valence-electron chi connectivity index (χ1n) is 9.16. The van der Waals surface area contributed by atoms with E-state index in [0.29, 0.717) is 27.2 Å². The maximum atomic E-state index is 13.8. The Balaban J connectivity index is 1.76. The van der Waals surface area contributed by atoms with Gasteiger partial charge in [0.2, 0.25) is 5.88 Å². The number of benzene rings is 1. The fourth-order valence-electron chi connectivity index (χ4n) is 3.24. The fraction of sp³-hybridized carbons (Fsp3) is 0.143. The first-order chi connectivity index (χ1) is 14.8. The van der Waals surface area contributed by atoms with Crippen LogP contribution in [0.5, 0.6) is 5.88 Å². The minimum Gasteiger partial charge on any atom is -0.481 e. The van der Waals surface area contributed by atoms with Crippen molar-refractivity contribution in [1.29, 1.82) is 0 Å². The minimum atomic E-state index is -3.98. The monoisotopic (exact) mass is 460 g/mol. The zero-order chi connectivity index (χ0) is 22.2. The van der Waals surface area contributed by atoms with E-state index in [4.69, 9.17) is 9.84 Å². The van der Waals surface area contributed by atoms with E-state index in [9.17, 15) is 17.6 Å². The van der Waals surface area contributed by atoms with Crippen LogP contribution in [0.25, 0.3) is 21.3 Å². The van der Waals surface area contributed by atoms with Crippen molar-refractivity contribution in [2.24, 2.45) is 0 Å². The van der Waals surface area contributed by atoms with E-state index in [2.05, 4.69) is 4.98 Å². The SMILES string of the molecule is COc1ccc(-c2ccc(S(=O)(=O)n3cc(CCC(=O)O)c4cc(F)ccc43)s2)cn1. The first kappa shape index (κ1) is 21.0. The van der Waals surface area contributed by atoms with Gasteiger partial charge >= 0.3 is 5.97 Å². The molecule has 1 aromatic carbocycles. The number of pyridine rings is 1. The van der Waals surface area contributed by atoms with E-state index in [1.54, 1.807) is 24.4 Å². The van der Waals surface area contributed by atoms with Gasteiger partial charge in [-0.25, -0.2) is 13.3 Å². The van der Waals surface area contributed by atoms with Crippen molar-refractivity contribution in [3.8, 4) is 16.3 Å². The number of carboxylic acid groups (broad SMARTS) is 1. The van der Waals surface area contributed by atoms with E-state index in [0.717, 1.165) is 20.9 Å². The highest BCUT2D eigenvalue weighted by Crippen LogP contribution is 2.34. The average Bonchev–Trinajstić information content (AvgIpc) is 3.38. The molecule has 0 saturated carbocycles. The summed E-state index contributed by atoms with van der Waals surface area (Å²) < 4.78 is 46.7. The lowest BCUT2D eigenvalue weighted by molar-refractivity contribution is -0.136. The number of hydrogen-bond acceptors (Lipinski definition) is 6. The van der Waals surface area contributed by atoms with Crippen LogP contribution in [0.3, 0.4) is 0 Å². The van der Waals surface area contributed by atoms with E-state index >= 15 is 0 Å². The number of rotatable bonds is 7. The number of carbonyl (C=O) groups is 1. The van der Waals surface area contributed by atoms with Crippen LogP contribution in [0.2, 0.25) is 0 Å². The molecule has 0 atom stereocenters. The number of carboxylic acids is 1. The van der Waals surface area contributed by atoms with Gasteiger partial charge in [0.25, 0.3) is 10.0 Å². The zero-order valence-electron chi connectivity index (χ0n) is 16.3. The number of aromatic nitrogens is 2. The van der Waals surface area contributed by atoms with Gasteiger partial charge in [-0.15, -0.1) is 11.3 Å². The molecule has 1 N–H and O–H groups in total. The molecule has 0 aliphatic rings. The standard InChI is InChI=1S/C21H17FN2O5S2/c1-29-19-7-2-13(11-23-19)18-6-9-21(30-18)31(27,28)24-12-14(3-8-20(25)26)16-10-15(22)4-5-17(16)24/h2,4-7,9-12H,3,8H2,1H3,(H,25,26). The van der Waals surface area contributed by atoms with Crippen LogP contribution in [-0.2, 0) is 21.2 Å². The van der Waals surface area contributed by atoms with Crippen LogP contribution >= 0.6 is 11.3 Å². The lowest BCUT2D eigenvalue weighted by Crippen LogP contribution is -2.10. The summed E-state index contributed by atoms with van der Waals surface area (Å²) in [5, 5.41) is 9.36. The Labute approximate surface area is 181 Å². The third-order valence-corrected chi connectivity index (χ3v) is 8.02. The molecule has 0 saturated heterocycles. The smallest absolute Gasteiger partial charge is 0.303 e. The summed E-state index contributed by atoms with van der Waals surface area (Å²) >= 11 is 1.08. The number of hydrogen-bond donors (Lipinski definition) is 1. The Hall–Kier alpha value is -3.24. The zero-order valence-corrected chi connectivity index (χ0v) is 17.9. The van der Waals surface area contributed by atoms with Gasteiger partial charge < -0.3 is 9.84 Å². The molecule has 4 aromatic rings. The number of halogens is 1. The van der Waals surface area contributed by atoms with Gasteiger partial charge in [-0.05, 0) is 48.4 Å². The van der Waals surface area contributed by atoms with Gasteiger partial charge in [-0.3, -0.25) is 4.79 Å². The third-order valence-electron chi connectivity index (χ3n) is 4.75. The topological polar surface area (TPSA) is 98.5 Å². The van der Waals surface area contributed by atoms with Crippen LogP contribution < -0.4 is 4.74 Å². The number of fused-ring (bicyclic) bond motifs is 1. The summed E-state index contributed by atoms with van der Waals surface area (Å²) in [5.41, 5.74) is 1.49. The molecular formula is C21H17FN2O5S2. The molecule has 0 fully saturated rings. The summed E-state index contributed by atoms with van der Waals surface area (Å²) in [4.78, 5) is 15.8. The molecule has 7 nitrogen and oxygen atoms in total. The van der Waals surface area contributed by atoms with Crippen LogP contribution in [0.1, 0.15) is 12.0 Å². The van der Waals surface area contributed by atoms with Crippen molar-refractivity contribution in [1.82, 2.24) is 8.96 Å². The van der Waals surface area contributed by atoms with Gasteiger partial charge in [0.05, 0.1) is 12.6 Å². The molecule has 31 heavy (non-hydrogen) atoms. The highest BCUT2D eigenvalue weighted by atomic mass is 32.2. The van der Waals surface area contributed by atoms with E-state index < -0.39 is 21.8 Å². The molecule has 0 aliphatic heterocycles. The van der Waals surface area contributed by atoms with Crippen LogP contribution in [0.4, 0.5) is 4.39 Å². The van der Waals surface area contributed by atoms with Crippen LogP contribution in [-0.4, -0.2) is 35.6 Å². The Morgan fingerprint density at radius 3 is 2.71 bits per heavy atom. The molecule has 160 valence electrons. The number of aliphatic carboxylic acids is 1. The van der Waals surface area contributed by atoms with Crippen molar-refractivity contribution >= 4 is 38.2 Å². The second kappa shape index (κ2) is 8.12. The lowest BCUT2D eigenvalue weighted by Gasteiger charge is -2.05. The summed E-state index contributed by atoms with van der Waals surface area (Å²) in [5.74, 6) is -1.09. The highest BCUT2D eigenvalue weighted by Gasteiger charge is 2.24. The molecule has 4 rings (SSSR count). The summed E-state index contributed by atoms with van der Waals surface area (Å²) in [6.45, 7) is 0. The predicted molar refractivity (Wildman–Crippen MR) is 115 cm³/mol. The Morgan fingerprint density at radius 2 is 2.03 bits per heavy atom. The lowest BCUT2D eigenvalue weighted by atomic mass is 10.1. The van der Waals surface area contributed by atoms with Gasteiger partial charge in [0, 0.05) is 40.7 Å². The molecule has 0 radical (unpaired) electrons. The number of thiophene rings is 1. The van der Waals surface area contributed by atoms with Gasteiger partial charge in [0.15, 0.2) is 0 Å². The predicted octanol–water partition coefficient (Wildman–Crippen LogP) is 4.17. The molecule has 0 unspecified atom stereocenters. The Kier molecular flexibility index (Phi) is 5.50. The van der Waals surface area contributed by atoms with Crippen molar-refractivity contribution in [2.45, 2.75) is 17.1 Å². The quantitative estimate of drug-likeness (QED) is 0.445. The highest BCUT2D eigenvalue weighted by molar-refractivity contribution is 7.92. The summed E-state index contributed by atoms with van der Waals surface area (Å²) in [7, 11) is -2.47. The van der Waals surface area contributed by atoms with E-state index in [-0.39, 0.29) is 17.1 Å². The van der Waals surface area contributed by atoms with Crippen molar-refractivity contribution in [3.05, 3.63) is 66.2 Å². The van der Waals surface area contributed by atoms with E-state index in [1.807, 2.05) is 0 Å². The second-order valence-electron chi connectivity index (χ2n) is 6.72. The Bertz CT molecular complexity index is 1370. The number of methoxy groups -OCH3 is 1. The summed E-state index contributed by atoms with van der Waals surface area (Å²) in [6.07, 6.45) is 2.87. The second-order valence-corrected chi connectivity index (χ2v) is 9.84. The van der Waals surface area contributed by atoms with E-state index in [1.165, 1.54) is 37.6 Å². The molecule has 3 aromatic heterocycles. The first-order valence-corrected chi connectivity index (χ1v) is 11.4. The van der Waals surface area contributed by atoms with Crippen LogP contribution in [0.15, 0.2) is 59.1 Å². The number of nitrogens with zero attached hydrogens (tertiary/aromatic N) is 2. The van der Waals surface area contributed by atoms with Gasteiger partial charge in [-0.1, -0.05) is 0 Å². The van der Waals surface area contributed by atoms with Crippen LogP contribution in [0, 0.1) is 5.82 Å². The van der Waals surface area contributed by atoms with Gasteiger partial charge in [-0.2, -0.15) is 8.42 Å². The third kappa shape index (κ3) is 4.04. The average molecular weight is 461 g/mol. The molecule has 0 bridgehead atoms. The van der Waals surface area contributed by atoms with Crippen molar-refractivity contribution in [2.75, 3.05) is 7.11 Å². The number of aryl methyl sites for hydroxylation is 1. The molecule has 0 aliphatic carbocycles.